The molecular weight excluding hydrogens is 425 g/mol. The molecule has 3 aromatic heterocycles. The van der Waals surface area contributed by atoms with Gasteiger partial charge in [0.15, 0.2) is 5.69 Å². The van der Waals surface area contributed by atoms with Crippen molar-refractivity contribution in [2.75, 3.05) is 5.32 Å². The number of aromatic nitrogens is 4. The van der Waals surface area contributed by atoms with Crippen LogP contribution in [-0.4, -0.2) is 37.4 Å². The number of benzene rings is 1. The Kier molecular flexibility index (Phi) is 5.71. The van der Waals surface area contributed by atoms with Crippen molar-refractivity contribution < 1.29 is 18.7 Å². The van der Waals surface area contributed by atoms with Crippen LogP contribution in [-0.2, 0) is 11.8 Å². The highest BCUT2D eigenvalue weighted by molar-refractivity contribution is 6.05. The highest BCUT2D eigenvalue weighted by Gasteiger charge is 2.21. The minimum absolute atomic E-state index is 0.333. The van der Waals surface area contributed by atoms with E-state index in [1.165, 1.54) is 22.9 Å². The third-order valence-electron chi connectivity index (χ3n) is 5.41. The Bertz CT molecular complexity index is 1370. The van der Waals surface area contributed by atoms with Gasteiger partial charge in [0.05, 0.1) is 23.7 Å². The maximum Gasteiger partial charge on any atom is 0.420 e. The van der Waals surface area contributed by atoms with E-state index in [0.29, 0.717) is 33.7 Å². The van der Waals surface area contributed by atoms with Gasteiger partial charge in [0.2, 0.25) is 0 Å². The number of rotatable bonds is 4. The summed E-state index contributed by atoms with van der Waals surface area (Å²) in [6, 6.07) is 9.28. The van der Waals surface area contributed by atoms with Crippen molar-refractivity contribution in [1.82, 2.24) is 19.3 Å². The Morgan fingerprint density at radius 1 is 1.12 bits per heavy atom. The van der Waals surface area contributed by atoms with Crippen LogP contribution in [0.5, 0.6) is 0 Å². The fourth-order valence-electron chi connectivity index (χ4n) is 3.55. The molecular formula is C24H24FN5O3. The fourth-order valence-corrected chi connectivity index (χ4v) is 3.55. The first-order valence-corrected chi connectivity index (χ1v) is 10.5. The molecule has 4 aromatic rings. The number of nitrogens with zero attached hydrogens (tertiary/aromatic N) is 4. The Balaban J connectivity index is 1.75. The zero-order valence-electron chi connectivity index (χ0n) is 19.0. The lowest BCUT2D eigenvalue weighted by atomic mass is 10.1. The zero-order valence-corrected chi connectivity index (χ0v) is 19.0. The number of fused-ring (bicyclic) bond motifs is 1. The van der Waals surface area contributed by atoms with Crippen LogP contribution in [0.15, 0.2) is 42.6 Å². The minimum Gasteiger partial charge on any atom is -0.446 e. The third kappa shape index (κ3) is 4.21. The van der Waals surface area contributed by atoms with Gasteiger partial charge in [0, 0.05) is 23.7 Å². The van der Waals surface area contributed by atoms with E-state index in [9.17, 15) is 14.0 Å². The smallest absolute Gasteiger partial charge is 0.420 e. The largest absolute Gasteiger partial charge is 0.446 e. The third-order valence-corrected chi connectivity index (χ3v) is 5.41. The van der Waals surface area contributed by atoms with E-state index < -0.39 is 6.09 Å². The van der Waals surface area contributed by atoms with E-state index in [4.69, 9.17) is 4.74 Å². The summed E-state index contributed by atoms with van der Waals surface area (Å²) in [6.07, 6.45) is 0.543. The summed E-state index contributed by atoms with van der Waals surface area (Å²) >= 11 is 0. The molecule has 33 heavy (non-hydrogen) atoms. The van der Waals surface area contributed by atoms with Crippen LogP contribution in [0.1, 0.15) is 35.6 Å². The van der Waals surface area contributed by atoms with E-state index in [2.05, 4.69) is 15.4 Å². The Morgan fingerprint density at radius 3 is 2.42 bits per heavy atom. The quantitative estimate of drug-likeness (QED) is 0.482. The van der Waals surface area contributed by atoms with Crippen molar-refractivity contribution >= 4 is 28.7 Å². The van der Waals surface area contributed by atoms with Gasteiger partial charge in [-0.2, -0.15) is 5.10 Å². The van der Waals surface area contributed by atoms with Crippen LogP contribution in [0.25, 0.3) is 22.3 Å². The Labute approximate surface area is 190 Å². The number of hydrogen-bond donors (Lipinski definition) is 1. The van der Waals surface area contributed by atoms with Crippen LogP contribution >= 0.6 is 0 Å². The molecule has 1 N–H and O–H groups in total. The van der Waals surface area contributed by atoms with Crippen molar-refractivity contribution in [3.05, 3.63) is 65.4 Å². The average Bonchev–Trinajstić information content (AvgIpc) is 3.26. The molecule has 0 aliphatic carbocycles. The Morgan fingerprint density at radius 2 is 1.82 bits per heavy atom. The predicted molar refractivity (Wildman–Crippen MR) is 123 cm³/mol. The van der Waals surface area contributed by atoms with Crippen LogP contribution in [0, 0.1) is 19.7 Å². The molecule has 9 heteroatoms. The monoisotopic (exact) mass is 449 g/mol. The number of nitrogens with one attached hydrogen (secondary N) is 1. The van der Waals surface area contributed by atoms with Crippen molar-refractivity contribution in [2.24, 2.45) is 7.05 Å². The molecule has 0 saturated carbocycles. The molecule has 0 radical (unpaired) electrons. The molecule has 3 heterocycles. The Hall–Kier alpha value is -4.01. The van der Waals surface area contributed by atoms with E-state index in [1.54, 1.807) is 49.8 Å². The topological polar surface area (TPSA) is 91.0 Å². The lowest BCUT2D eigenvalue weighted by molar-refractivity contribution is 0.102. The van der Waals surface area contributed by atoms with Gasteiger partial charge in [0.25, 0.3) is 5.91 Å². The highest BCUT2D eigenvalue weighted by atomic mass is 19.1. The fraction of sp³-hybridized carbons (Fsp3) is 0.250. The van der Waals surface area contributed by atoms with Crippen LogP contribution in [0.3, 0.4) is 0 Å². The highest BCUT2D eigenvalue weighted by Crippen LogP contribution is 2.29. The normalized spacial score (nSPS) is 11.2. The lowest BCUT2D eigenvalue weighted by Gasteiger charge is -2.12. The van der Waals surface area contributed by atoms with Crippen molar-refractivity contribution in [2.45, 2.75) is 33.8 Å². The first-order chi connectivity index (χ1) is 15.7. The zero-order chi connectivity index (χ0) is 23.9. The standard InChI is InChI=1S/C24H24FN5O3/c1-13(2)33-24(32)30-20(16-6-8-18(25)9-7-16)11-17-10-19(12-26-22(17)30)27-23(31)21-14(3)15(4)29(5)28-21/h6-13H,1-5H3,(H,27,31). The lowest BCUT2D eigenvalue weighted by Crippen LogP contribution is -2.19. The number of carbonyl (C=O) groups is 2. The number of amides is 1. The average molecular weight is 449 g/mol. The number of aryl methyl sites for hydroxylation is 1. The van der Waals surface area contributed by atoms with Crippen LogP contribution in [0.2, 0.25) is 0 Å². The molecule has 4 rings (SSSR count). The number of hydrogen-bond acceptors (Lipinski definition) is 5. The van der Waals surface area contributed by atoms with Gasteiger partial charge in [-0.15, -0.1) is 0 Å². The van der Waals surface area contributed by atoms with Crippen molar-refractivity contribution in [3.63, 3.8) is 0 Å². The second kappa shape index (κ2) is 8.50. The van der Waals surface area contributed by atoms with Gasteiger partial charge in [-0.1, -0.05) is 0 Å². The van der Waals surface area contributed by atoms with Gasteiger partial charge in [-0.25, -0.2) is 18.7 Å². The molecule has 0 aliphatic rings. The first-order valence-electron chi connectivity index (χ1n) is 10.5. The second-order valence-electron chi connectivity index (χ2n) is 8.08. The molecule has 0 aliphatic heterocycles. The molecule has 0 saturated heterocycles. The first kappa shape index (κ1) is 22.2. The minimum atomic E-state index is -0.594. The summed E-state index contributed by atoms with van der Waals surface area (Å²) in [5, 5.41) is 7.70. The van der Waals surface area contributed by atoms with E-state index in [1.807, 2.05) is 13.8 Å². The van der Waals surface area contributed by atoms with E-state index in [0.717, 1.165) is 11.3 Å². The molecule has 0 unspecified atom stereocenters. The van der Waals surface area contributed by atoms with Crippen molar-refractivity contribution in [1.29, 1.82) is 0 Å². The van der Waals surface area contributed by atoms with Gasteiger partial charge in [-0.05, 0) is 69.7 Å². The second-order valence-corrected chi connectivity index (χ2v) is 8.08. The van der Waals surface area contributed by atoms with Gasteiger partial charge in [-0.3, -0.25) is 9.48 Å². The van der Waals surface area contributed by atoms with E-state index in [-0.39, 0.29) is 17.8 Å². The molecule has 0 bridgehead atoms. The molecule has 0 spiro atoms. The number of carbonyl (C=O) groups excluding carboxylic acids is 2. The van der Waals surface area contributed by atoms with Gasteiger partial charge in [0.1, 0.15) is 11.5 Å². The van der Waals surface area contributed by atoms with Crippen LogP contribution in [0.4, 0.5) is 14.9 Å². The van der Waals surface area contributed by atoms with Crippen molar-refractivity contribution in [3.8, 4) is 11.3 Å². The van der Waals surface area contributed by atoms with Gasteiger partial charge < -0.3 is 10.1 Å². The summed E-state index contributed by atoms with van der Waals surface area (Å²) < 4.78 is 21.8. The van der Waals surface area contributed by atoms with Gasteiger partial charge >= 0.3 is 6.09 Å². The van der Waals surface area contributed by atoms with Crippen LogP contribution < -0.4 is 5.32 Å². The molecule has 1 aromatic carbocycles. The summed E-state index contributed by atoms with van der Waals surface area (Å²) in [5.74, 6) is -0.732. The molecule has 8 nitrogen and oxygen atoms in total. The molecule has 170 valence electrons. The molecule has 0 fully saturated rings. The summed E-state index contributed by atoms with van der Waals surface area (Å²) in [5.41, 5.74) is 3.98. The molecule has 0 atom stereocenters. The summed E-state index contributed by atoms with van der Waals surface area (Å²) in [4.78, 5) is 30.0. The maximum atomic E-state index is 13.4. The predicted octanol–water partition coefficient (Wildman–Crippen LogP) is 4.84. The number of ether oxygens (including phenoxy) is 1. The maximum absolute atomic E-state index is 13.4. The number of halogens is 1. The summed E-state index contributed by atoms with van der Waals surface area (Å²) in [7, 11) is 1.78. The SMILES string of the molecule is Cc1c(C(=O)Nc2cnc3c(c2)cc(-c2ccc(F)cc2)n3C(=O)OC(C)C)nn(C)c1C. The molecule has 1 amide bonds. The summed E-state index contributed by atoms with van der Waals surface area (Å²) in [6.45, 7) is 7.24. The number of anilines is 1. The number of pyridine rings is 1. The van der Waals surface area contributed by atoms with E-state index >= 15 is 0 Å².